The second-order valence-corrected chi connectivity index (χ2v) is 6.78. The largest absolute Gasteiger partial charge is 0.337 e. The molecular weight excluding hydrogens is 316 g/mol. The van der Waals surface area contributed by atoms with Crippen molar-refractivity contribution in [3.63, 3.8) is 0 Å². The number of amides is 1. The summed E-state index contributed by atoms with van der Waals surface area (Å²) in [5.74, 6) is 0.0661. The van der Waals surface area contributed by atoms with Crippen LogP contribution in [-0.4, -0.2) is 48.2 Å². The molecule has 130 valence electrons. The Morgan fingerprint density at radius 1 is 1.32 bits per heavy atom. The molecule has 7 nitrogen and oxygen atoms in total. The van der Waals surface area contributed by atoms with Crippen LogP contribution >= 0.6 is 0 Å². The molecule has 1 aliphatic heterocycles. The second-order valence-electron chi connectivity index (χ2n) is 6.78. The van der Waals surface area contributed by atoms with E-state index in [1.54, 1.807) is 10.9 Å². The molecule has 25 heavy (non-hydrogen) atoms. The summed E-state index contributed by atoms with van der Waals surface area (Å²) < 4.78 is 3.85. The quantitative estimate of drug-likeness (QED) is 0.719. The molecular formula is C18H22N6O. The Balaban J connectivity index is 1.70. The number of rotatable bonds is 2. The van der Waals surface area contributed by atoms with Crippen LogP contribution in [-0.2, 0) is 7.05 Å². The first-order valence-corrected chi connectivity index (χ1v) is 8.62. The van der Waals surface area contributed by atoms with Crippen LogP contribution in [0.3, 0.4) is 0 Å². The number of piperidine rings is 1. The van der Waals surface area contributed by atoms with Gasteiger partial charge in [0.2, 0.25) is 0 Å². The first kappa shape index (κ1) is 15.8. The average molecular weight is 338 g/mol. The average Bonchev–Trinajstić information content (AvgIpc) is 3.23. The predicted molar refractivity (Wildman–Crippen MR) is 94.4 cm³/mol. The standard InChI is InChI=1S/C18H22N6O/c1-12-9-15(16-13(2)21-22(3)17(16)20-12)18(25)23-7-4-5-14(10-23)24-8-6-19-11-24/h6,8-9,11,14H,4-5,7,10H2,1-3H3/t14-/m0/s1. The van der Waals surface area contributed by atoms with Gasteiger partial charge in [-0.3, -0.25) is 9.48 Å². The lowest BCUT2D eigenvalue weighted by atomic mass is 10.0. The van der Waals surface area contributed by atoms with Gasteiger partial charge in [-0.05, 0) is 32.8 Å². The van der Waals surface area contributed by atoms with E-state index in [0.29, 0.717) is 12.1 Å². The fourth-order valence-electron chi connectivity index (χ4n) is 3.78. The lowest BCUT2D eigenvalue weighted by molar-refractivity contribution is 0.0681. The minimum atomic E-state index is 0.0661. The minimum Gasteiger partial charge on any atom is -0.337 e. The van der Waals surface area contributed by atoms with Gasteiger partial charge in [-0.15, -0.1) is 0 Å². The highest BCUT2D eigenvalue weighted by Gasteiger charge is 2.27. The van der Waals surface area contributed by atoms with E-state index in [2.05, 4.69) is 19.6 Å². The molecule has 0 aromatic carbocycles. The van der Waals surface area contributed by atoms with Gasteiger partial charge in [0.25, 0.3) is 5.91 Å². The van der Waals surface area contributed by atoms with E-state index in [1.165, 1.54) is 0 Å². The van der Waals surface area contributed by atoms with Crippen molar-refractivity contribution < 1.29 is 4.79 Å². The number of aryl methyl sites for hydroxylation is 3. The molecule has 1 aliphatic rings. The van der Waals surface area contributed by atoms with Crippen LogP contribution in [0.25, 0.3) is 11.0 Å². The topological polar surface area (TPSA) is 68.8 Å². The van der Waals surface area contributed by atoms with Crippen molar-refractivity contribution in [3.8, 4) is 0 Å². The fraction of sp³-hybridized carbons (Fsp3) is 0.444. The van der Waals surface area contributed by atoms with Gasteiger partial charge in [0.05, 0.1) is 29.0 Å². The maximum absolute atomic E-state index is 13.3. The molecule has 0 radical (unpaired) electrons. The summed E-state index contributed by atoms with van der Waals surface area (Å²) in [5, 5.41) is 5.31. The first-order valence-electron chi connectivity index (χ1n) is 8.62. The van der Waals surface area contributed by atoms with Crippen molar-refractivity contribution in [2.24, 2.45) is 7.05 Å². The molecule has 3 aromatic rings. The Kier molecular flexibility index (Phi) is 3.78. The van der Waals surface area contributed by atoms with E-state index >= 15 is 0 Å². The summed E-state index contributed by atoms with van der Waals surface area (Å²) in [7, 11) is 1.87. The highest BCUT2D eigenvalue weighted by atomic mass is 16.2. The smallest absolute Gasteiger partial charge is 0.254 e. The summed E-state index contributed by atoms with van der Waals surface area (Å²) in [6, 6.07) is 2.17. The molecule has 0 bridgehead atoms. The third kappa shape index (κ3) is 2.69. The monoisotopic (exact) mass is 338 g/mol. The number of pyridine rings is 1. The predicted octanol–water partition coefficient (Wildman–Crippen LogP) is 2.26. The summed E-state index contributed by atoms with van der Waals surface area (Å²) in [6.45, 7) is 5.34. The molecule has 0 saturated carbocycles. The van der Waals surface area contributed by atoms with Crippen LogP contribution in [0.2, 0.25) is 0 Å². The molecule has 0 aliphatic carbocycles. The zero-order chi connectivity index (χ0) is 17.6. The molecule has 7 heteroatoms. The Morgan fingerprint density at radius 2 is 2.16 bits per heavy atom. The van der Waals surface area contributed by atoms with E-state index in [9.17, 15) is 4.79 Å². The van der Waals surface area contributed by atoms with Gasteiger partial charge in [-0.25, -0.2) is 9.97 Å². The van der Waals surface area contributed by atoms with Crippen LogP contribution in [0.4, 0.5) is 0 Å². The second kappa shape index (κ2) is 5.98. The molecule has 1 saturated heterocycles. The Bertz CT molecular complexity index is 927. The van der Waals surface area contributed by atoms with E-state index in [1.807, 2.05) is 44.4 Å². The van der Waals surface area contributed by atoms with Crippen LogP contribution in [0.15, 0.2) is 24.8 Å². The van der Waals surface area contributed by atoms with Gasteiger partial charge in [0, 0.05) is 38.2 Å². The van der Waals surface area contributed by atoms with E-state index in [0.717, 1.165) is 41.8 Å². The number of aromatic nitrogens is 5. The summed E-state index contributed by atoms with van der Waals surface area (Å²) in [5.41, 5.74) is 3.15. The number of hydrogen-bond acceptors (Lipinski definition) is 4. The molecule has 1 amide bonds. The van der Waals surface area contributed by atoms with Crippen molar-refractivity contribution >= 4 is 16.9 Å². The molecule has 1 fully saturated rings. The zero-order valence-corrected chi connectivity index (χ0v) is 14.8. The normalized spacial score (nSPS) is 18.0. The van der Waals surface area contributed by atoms with Crippen molar-refractivity contribution in [3.05, 3.63) is 41.7 Å². The molecule has 1 atom stereocenters. The Morgan fingerprint density at radius 3 is 2.92 bits per heavy atom. The third-order valence-corrected chi connectivity index (χ3v) is 4.96. The van der Waals surface area contributed by atoms with Crippen molar-refractivity contribution in [1.29, 1.82) is 0 Å². The third-order valence-electron chi connectivity index (χ3n) is 4.96. The Labute approximate surface area is 146 Å². The summed E-state index contributed by atoms with van der Waals surface area (Å²) in [4.78, 5) is 23.9. The maximum atomic E-state index is 13.3. The molecule has 4 heterocycles. The number of fused-ring (bicyclic) bond motifs is 1. The number of hydrogen-bond donors (Lipinski definition) is 0. The number of carbonyl (C=O) groups excluding carboxylic acids is 1. The maximum Gasteiger partial charge on any atom is 0.254 e. The van der Waals surface area contributed by atoms with Crippen LogP contribution in [0, 0.1) is 13.8 Å². The lowest BCUT2D eigenvalue weighted by Gasteiger charge is -2.33. The van der Waals surface area contributed by atoms with Crippen LogP contribution in [0.1, 0.15) is 40.6 Å². The van der Waals surface area contributed by atoms with Crippen LogP contribution in [0.5, 0.6) is 0 Å². The van der Waals surface area contributed by atoms with Crippen LogP contribution < -0.4 is 0 Å². The number of imidazole rings is 1. The van der Waals surface area contributed by atoms with E-state index in [4.69, 9.17) is 0 Å². The first-order chi connectivity index (χ1) is 12.0. The number of likely N-dealkylation sites (tertiary alicyclic amines) is 1. The van der Waals surface area contributed by atoms with Gasteiger partial charge in [-0.2, -0.15) is 5.10 Å². The van der Waals surface area contributed by atoms with Gasteiger partial charge >= 0.3 is 0 Å². The highest BCUT2D eigenvalue weighted by Crippen LogP contribution is 2.26. The molecule has 3 aromatic heterocycles. The Hall–Kier alpha value is -2.70. The summed E-state index contributed by atoms with van der Waals surface area (Å²) >= 11 is 0. The van der Waals surface area contributed by atoms with Crippen molar-refractivity contribution in [2.45, 2.75) is 32.7 Å². The van der Waals surface area contributed by atoms with Crippen molar-refractivity contribution in [2.75, 3.05) is 13.1 Å². The fourth-order valence-corrected chi connectivity index (χ4v) is 3.78. The lowest BCUT2D eigenvalue weighted by Crippen LogP contribution is -2.40. The highest BCUT2D eigenvalue weighted by molar-refractivity contribution is 6.06. The van der Waals surface area contributed by atoms with Gasteiger partial charge in [-0.1, -0.05) is 0 Å². The van der Waals surface area contributed by atoms with E-state index < -0.39 is 0 Å². The molecule has 4 rings (SSSR count). The summed E-state index contributed by atoms with van der Waals surface area (Å²) in [6.07, 6.45) is 7.65. The SMILES string of the molecule is Cc1cc(C(=O)N2CCC[C@H](n3ccnc3)C2)c2c(C)nn(C)c2n1. The number of nitrogens with zero attached hydrogens (tertiary/aromatic N) is 6. The van der Waals surface area contributed by atoms with Gasteiger partial charge in [0.15, 0.2) is 5.65 Å². The molecule has 0 unspecified atom stereocenters. The van der Waals surface area contributed by atoms with Gasteiger partial charge < -0.3 is 9.47 Å². The number of carbonyl (C=O) groups is 1. The van der Waals surface area contributed by atoms with E-state index in [-0.39, 0.29) is 11.9 Å². The van der Waals surface area contributed by atoms with Crippen molar-refractivity contribution in [1.82, 2.24) is 29.2 Å². The van der Waals surface area contributed by atoms with Gasteiger partial charge in [0.1, 0.15) is 0 Å². The zero-order valence-electron chi connectivity index (χ0n) is 14.8. The molecule has 0 spiro atoms. The minimum absolute atomic E-state index is 0.0661. The molecule has 0 N–H and O–H groups in total.